The van der Waals surface area contributed by atoms with Gasteiger partial charge in [-0.25, -0.2) is 4.98 Å². The van der Waals surface area contributed by atoms with Gasteiger partial charge in [-0.15, -0.1) is 11.3 Å². The fourth-order valence-electron chi connectivity index (χ4n) is 2.36. The Morgan fingerprint density at radius 1 is 1.29 bits per heavy atom. The van der Waals surface area contributed by atoms with Crippen LogP contribution in [0.4, 0.5) is 5.69 Å². The van der Waals surface area contributed by atoms with Gasteiger partial charge in [0.15, 0.2) is 0 Å². The summed E-state index contributed by atoms with van der Waals surface area (Å²) in [7, 11) is 1.49. The number of methoxy groups -OCH3 is 1. The summed E-state index contributed by atoms with van der Waals surface area (Å²) in [6.07, 6.45) is 2.81. The van der Waals surface area contributed by atoms with Crippen molar-refractivity contribution in [1.29, 1.82) is 0 Å². The van der Waals surface area contributed by atoms with Crippen LogP contribution < -0.4 is 15.8 Å². The molecule has 7 nitrogen and oxygen atoms in total. The minimum Gasteiger partial charge on any atom is -0.496 e. The number of nitrogens with two attached hydrogens (primary N) is 1. The zero-order valence-corrected chi connectivity index (χ0v) is 13.8. The van der Waals surface area contributed by atoms with Gasteiger partial charge in [0, 0.05) is 6.20 Å². The summed E-state index contributed by atoms with van der Waals surface area (Å²) < 4.78 is 6.03. The molecular weight excluding hydrogens is 328 g/mol. The summed E-state index contributed by atoms with van der Waals surface area (Å²) in [5.41, 5.74) is 6.83. The lowest BCUT2D eigenvalue weighted by Gasteiger charge is -2.11. The van der Waals surface area contributed by atoms with Gasteiger partial charge in [-0.3, -0.25) is 14.6 Å². The van der Waals surface area contributed by atoms with E-state index in [9.17, 15) is 9.59 Å². The Morgan fingerprint density at radius 2 is 2.08 bits per heavy atom. The minimum atomic E-state index is -0.647. The van der Waals surface area contributed by atoms with Crippen LogP contribution in [0.1, 0.15) is 25.7 Å². The number of aryl methyl sites for hydroxylation is 1. The van der Waals surface area contributed by atoms with Crippen LogP contribution in [0.15, 0.2) is 30.6 Å². The first kappa shape index (κ1) is 15.9. The Kier molecular flexibility index (Phi) is 4.13. The smallest absolute Gasteiger partial charge is 0.261 e. The molecular formula is C16H14N4O3S. The topological polar surface area (TPSA) is 107 Å². The van der Waals surface area contributed by atoms with Crippen molar-refractivity contribution in [2.75, 3.05) is 12.4 Å². The third kappa shape index (κ3) is 2.79. The van der Waals surface area contributed by atoms with Gasteiger partial charge in [0.1, 0.15) is 11.3 Å². The van der Waals surface area contributed by atoms with Crippen molar-refractivity contribution in [2.24, 2.45) is 5.73 Å². The summed E-state index contributed by atoms with van der Waals surface area (Å²) in [6, 6.07) is 4.94. The first-order chi connectivity index (χ1) is 11.5. The van der Waals surface area contributed by atoms with Crippen molar-refractivity contribution < 1.29 is 14.3 Å². The highest BCUT2D eigenvalue weighted by molar-refractivity contribution is 7.19. The van der Waals surface area contributed by atoms with Crippen molar-refractivity contribution >= 4 is 39.1 Å². The number of thiazole rings is 1. The van der Waals surface area contributed by atoms with Crippen molar-refractivity contribution in [3.05, 3.63) is 46.7 Å². The number of fused-ring (bicyclic) bond motifs is 1. The molecule has 1 aromatic carbocycles. The summed E-state index contributed by atoms with van der Waals surface area (Å²) >= 11 is 1.40. The average Bonchev–Trinajstić information content (AvgIpc) is 2.94. The third-order valence-corrected chi connectivity index (χ3v) is 4.41. The van der Waals surface area contributed by atoms with E-state index in [-0.39, 0.29) is 11.3 Å². The SMILES string of the molecule is COc1ccc2nc(C)sc2c1C(=O)Nc1cnccc1C(N)=O. The predicted molar refractivity (Wildman–Crippen MR) is 91.6 cm³/mol. The van der Waals surface area contributed by atoms with Crippen LogP contribution in [0.5, 0.6) is 5.75 Å². The van der Waals surface area contributed by atoms with E-state index in [0.29, 0.717) is 21.5 Å². The molecule has 0 unspecified atom stereocenters. The quantitative estimate of drug-likeness (QED) is 0.757. The van der Waals surface area contributed by atoms with Crippen molar-refractivity contribution in [1.82, 2.24) is 9.97 Å². The van der Waals surface area contributed by atoms with Crippen molar-refractivity contribution in [3.63, 3.8) is 0 Å². The number of ether oxygens (including phenoxy) is 1. The number of nitrogens with zero attached hydrogens (tertiary/aromatic N) is 2. The molecule has 2 amide bonds. The molecule has 0 spiro atoms. The molecule has 3 N–H and O–H groups in total. The van der Waals surface area contributed by atoms with E-state index in [0.717, 1.165) is 5.01 Å². The Morgan fingerprint density at radius 3 is 2.79 bits per heavy atom. The molecule has 0 aliphatic heterocycles. The number of primary amides is 1. The molecule has 2 heterocycles. The second-order valence-electron chi connectivity index (χ2n) is 4.96. The lowest BCUT2D eigenvalue weighted by molar-refractivity contribution is 0.100. The average molecular weight is 342 g/mol. The standard InChI is InChI=1S/C16H14N4O3S/c1-8-19-10-3-4-12(23-2)13(14(10)24-8)16(22)20-11-7-18-6-5-9(11)15(17)21/h3-7H,1-2H3,(H2,17,21)(H,20,22). The monoisotopic (exact) mass is 342 g/mol. The van der Waals surface area contributed by atoms with Crippen LogP contribution in [0.3, 0.4) is 0 Å². The molecule has 0 saturated heterocycles. The molecule has 24 heavy (non-hydrogen) atoms. The number of amides is 2. The van der Waals surface area contributed by atoms with Crippen LogP contribution in [0.2, 0.25) is 0 Å². The number of pyridine rings is 1. The summed E-state index contributed by atoms with van der Waals surface area (Å²) in [6.45, 7) is 1.87. The van der Waals surface area contributed by atoms with Gasteiger partial charge in [0.25, 0.3) is 11.8 Å². The number of nitrogens with one attached hydrogen (secondary N) is 1. The number of aromatic nitrogens is 2. The predicted octanol–water partition coefficient (Wildman–Crippen LogP) is 2.36. The second kappa shape index (κ2) is 6.25. The van der Waals surface area contributed by atoms with Gasteiger partial charge in [-0.1, -0.05) is 0 Å². The molecule has 3 rings (SSSR count). The Balaban J connectivity index is 2.08. The third-order valence-electron chi connectivity index (χ3n) is 3.41. The molecule has 0 aliphatic carbocycles. The molecule has 122 valence electrons. The van der Waals surface area contributed by atoms with Crippen LogP contribution in [-0.4, -0.2) is 28.9 Å². The van der Waals surface area contributed by atoms with Gasteiger partial charge < -0.3 is 15.8 Å². The van der Waals surface area contributed by atoms with Crippen LogP contribution in [0.25, 0.3) is 10.2 Å². The van der Waals surface area contributed by atoms with Gasteiger partial charge in [-0.05, 0) is 25.1 Å². The number of carbonyl (C=O) groups excluding carboxylic acids is 2. The second-order valence-corrected chi connectivity index (χ2v) is 6.17. The summed E-state index contributed by atoms with van der Waals surface area (Å²) in [5.74, 6) is -0.642. The highest BCUT2D eigenvalue weighted by atomic mass is 32.1. The maximum absolute atomic E-state index is 12.8. The molecule has 0 fully saturated rings. The number of benzene rings is 1. The summed E-state index contributed by atoms with van der Waals surface area (Å²) in [5, 5.41) is 3.52. The highest BCUT2D eigenvalue weighted by Crippen LogP contribution is 2.33. The van der Waals surface area contributed by atoms with Crippen LogP contribution in [0, 0.1) is 6.92 Å². The van der Waals surface area contributed by atoms with Crippen molar-refractivity contribution in [3.8, 4) is 5.75 Å². The molecule has 3 aromatic rings. The van der Waals surface area contributed by atoms with Gasteiger partial charge in [0.05, 0.1) is 39.8 Å². The zero-order valence-electron chi connectivity index (χ0n) is 13.0. The number of carbonyl (C=O) groups is 2. The van der Waals surface area contributed by atoms with Crippen molar-refractivity contribution in [2.45, 2.75) is 6.92 Å². The Hall–Kier alpha value is -3.00. The zero-order chi connectivity index (χ0) is 17.3. The normalized spacial score (nSPS) is 10.6. The summed E-state index contributed by atoms with van der Waals surface area (Å²) in [4.78, 5) is 32.6. The van der Waals surface area contributed by atoms with Gasteiger partial charge >= 0.3 is 0 Å². The fraction of sp³-hybridized carbons (Fsp3) is 0.125. The minimum absolute atomic E-state index is 0.185. The largest absolute Gasteiger partial charge is 0.496 e. The fourth-order valence-corrected chi connectivity index (χ4v) is 3.32. The van der Waals surface area contributed by atoms with E-state index in [4.69, 9.17) is 10.5 Å². The van der Waals surface area contributed by atoms with E-state index >= 15 is 0 Å². The van der Waals surface area contributed by atoms with Crippen LogP contribution in [-0.2, 0) is 0 Å². The maximum atomic E-state index is 12.8. The Labute approximate surface area is 141 Å². The molecule has 0 bridgehead atoms. The number of rotatable bonds is 4. The highest BCUT2D eigenvalue weighted by Gasteiger charge is 2.20. The maximum Gasteiger partial charge on any atom is 0.261 e. The van der Waals surface area contributed by atoms with Crippen LogP contribution >= 0.6 is 11.3 Å². The van der Waals surface area contributed by atoms with Gasteiger partial charge in [-0.2, -0.15) is 0 Å². The molecule has 0 radical (unpaired) electrons. The van der Waals surface area contributed by atoms with E-state index in [1.165, 1.54) is 36.9 Å². The van der Waals surface area contributed by atoms with E-state index in [1.807, 2.05) is 6.92 Å². The number of anilines is 1. The number of hydrogen-bond acceptors (Lipinski definition) is 6. The first-order valence-corrected chi connectivity index (χ1v) is 7.82. The lowest BCUT2D eigenvalue weighted by atomic mass is 10.1. The first-order valence-electron chi connectivity index (χ1n) is 7.00. The van der Waals surface area contributed by atoms with E-state index < -0.39 is 11.8 Å². The lowest BCUT2D eigenvalue weighted by Crippen LogP contribution is -2.19. The molecule has 8 heteroatoms. The van der Waals surface area contributed by atoms with Gasteiger partial charge in [0.2, 0.25) is 0 Å². The molecule has 0 aliphatic rings. The van der Waals surface area contributed by atoms with E-state index in [1.54, 1.807) is 12.1 Å². The molecule has 0 atom stereocenters. The van der Waals surface area contributed by atoms with E-state index in [2.05, 4.69) is 15.3 Å². The number of hydrogen-bond donors (Lipinski definition) is 2. The Bertz CT molecular complexity index is 952. The molecule has 0 saturated carbocycles. The molecule has 2 aromatic heterocycles.